The van der Waals surface area contributed by atoms with Crippen LogP contribution in [0.25, 0.3) is 0 Å². The first-order valence-electron chi connectivity index (χ1n) is 7.02. The van der Waals surface area contributed by atoms with Gasteiger partial charge in [0.25, 0.3) is 0 Å². The standard InChI is InChI=1S/C17H17ClFNO.ClH/c1-11-3-2-4-14(7-11)21-17(13-9-20-10-13)12-5-6-15(18)16(19)8-12;/h2-8,13,17,20H,9-10H2,1H3;1H/t17-;/m1./s1. The summed E-state index contributed by atoms with van der Waals surface area (Å²) in [4.78, 5) is 0. The molecule has 5 heteroatoms. The highest BCUT2D eigenvalue weighted by atomic mass is 35.5. The minimum atomic E-state index is -0.403. The lowest BCUT2D eigenvalue weighted by atomic mass is 9.90. The molecule has 2 aromatic rings. The normalized spacial score (nSPS) is 15.6. The minimum Gasteiger partial charge on any atom is -0.485 e. The summed E-state index contributed by atoms with van der Waals surface area (Å²) in [7, 11) is 0. The van der Waals surface area contributed by atoms with Crippen molar-refractivity contribution in [2.24, 2.45) is 5.92 Å². The molecule has 22 heavy (non-hydrogen) atoms. The van der Waals surface area contributed by atoms with Crippen LogP contribution in [-0.4, -0.2) is 13.1 Å². The Morgan fingerprint density at radius 2 is 2.00 bits per heavy atom. The van der Waals surface area contributed by atoms with E-state index >= 15 is 0 Å². The van der Waals surface area contributed by atoms with Crippen LogP contribution in [0, 0.1) is 18.7 Å². The van der Waals surface area contributed by atoms with Gasteiger partial charge in [0.05, 0.1) is 5.02 Å². The van der Waals surface area contributed by atoms with Crippen LogP contribution in [-0.2, 0) is 0 Å². The molecule has 0 aliphatic carbocycles. The van der Waals surface area contributed by atoms with Crippen molar-refractivity contribution in [1.82, 2.24) is 5.32 Å². The fourth-order valence-corrected chi connectivity index (χ4v) is 2.60. The zero-order valence-corrected chi connectivity index (χ0v) is 13.8. The van der Waals surface area contributed by atoms with Crippen LogP contribution >= 0.6 is 24.0 Å². The summed E-state index contributed by atoms with van der Waals surface area (Å²) >= 11 is 5.77. The van der Waals surface area contributed by atoms with Gasteiger partial charge in [-0.3, -0.25) is 0 Å². The Morgan fingerprint density at radius 1 is 1.23 bits per heavy atom. The highest BCUT2D eigenvalue weighted by molar-refractivity contribution is 6.30. The van der Waals surface area contributed by atoms with Crippen molar-refractivity contribution >= 4 is 24.0 Å². The molecule has 2 aromatic carbocycles. The summed E-state index contributed by atoms with van der Waals surface area (Å²) in [5.74, 6) is 0.743. The quantitative estimate of drug-likeness (QED) is 0.880. The summed E-state index contributed by atoms with van der Waals surface area (Å²) in [5.41, 5.74) is 1.96. The second-order valence-electron chi connectivity index (χ2n) is 5.45. The van der Waals surface area contributed by atoms with Gasteiger partial charge in [0.2, 0.25) is 0 Å². The second-order valence-corrected chi connectivity index (χ2v) is 5.85. The predicted molar refractivity (Wildman–Crippen MR) is 89.6 cm³/mol. The van der Waals surface area contributed by atoms with E-state index in [2.05, 4.69) is 5.32 Å². The fraction of sp³-hybridized carbons (Fsp3) is 0.294. The molecule has 1 fully saturated rings. The van der Waals surface area contributed by atoms with E-state index in [0.717, 1.165) is 30.0 Å². The molecular weight excluding hydrogens is 324 g/mol. The molecule has 2 nitrogen and oxygen atoms in total. The first kappa shape index (κ1) is 17.1. The molecule has 0 unspecified atom stereocenters. The average Bonchev–Trinajstić information content (AvgIpc) is 2.39. The summed E-state index contributed by atoms with van der Waals surface area (Å²) in [6, 6.07) is 12.8. The fourth-order valence-electron chi connectivity index (χ4n) is 2.49. The number of benzene rings is 2. The maximum Gasteiger partial charge on any atom is 0.142 e. The van der Waals surface area contributed by atoms with E-state index in [1.54, 1.807) is 6.07 Å². The first-order valence-corrected chi connectivity index (χ1v) is 7.40. The number of hydrogen-bond donors (Lipinski definition) is 1. The summed E-state index contributed by atoms with van der Waals surface area (Å²) in [5, 5.41) is 3.37. The van der Waals surface area contributed by atoms with Gasteiger partial charge >= 0.3 is 0 Å². The van der Waals surface area contributed by atoms with Gasteiger partial charge in [0, 0.05) is 19.0 Å². The van der Waals surface area contributed by atoms with Crippen molar-refractivity contribution in [2.75, 3.05) is 13.1 Å². The Bertz CT molecular complexity index is 646. The molecule has 0 aromatic heterocycles. The lowest BCUT2D eigenvalue weighted by Gasteiger charge is -2.35. The van der Waals surface area contributed by atoms with Crippen LogP contribution in [0.3, 0.4) is 0 Å². The Hall–Kier alpha value is -1.29. The Balaban J connectivity index is 0.00000176. The van der Waals surface area contributed by atoms with E-state index in [-0.39, 0.29) is 23.5 Å². The summed E-state index contributed by atoms with van der Waals surface area (Å²) < 4.78 is 19.9. The number of hydrogen-bond acceptors (Lipinski definition) is 2. The largest absolute Gasteiger partial charge is 0.485 e. The maximum atomic E-state index is 13.7. The maximum absolute atomic E-state index is 13.7. The van der Waals surface area contributed by atoms with E-state index in [1.165, 1.54) is 6.07 Å². The monoisotopic (exact) mass is 341 g/mol. The van der Waals surface area contributed by atoms with Crippen LogP contribution in [0.1, 0.15) is 17.2 Å². The Morgan fingerprint density at radius 3 is 2.59 bits per heavy atom. The molecule has 0 bridgehead atoms. The van der Waals surface area contributed by atoms with E-state index < -0.39 is 5.82 Å². The Labute approximate surface area is 141 Å². The van der Waals surface area contributed by atoms with Crippen molar-refractivity contribution in [2.45, 2.75) is 13.0 Å². The zero-order chi connectivity index (χ0) is 14.8. The first-order chi connectivity index (χ1) is 10.1. The molecule has 1 N–H and O–H groups in total. The lowest BCUT2D eigenvalue weighted by Crippen LogP contribution is -2.46. The van der Waals surface area contributed by atoms with Crippen molar-refractivity contribution in [3.8, 4) is 5.75 Å². The number of halogens is 3. The van der Waals surface area contributed by atoms with Gasteiger partial charge < -0.3 is 10.1 Å². The van der Waals surface area contributed by atoms with Crippen LogP contribution < -0.4 is 10.1 Å². The van der Waals surface area contributed by atoms with Gasteiger partial charge in [-0.1, -0.05) is 29.8 Å². The van der Waals surface area contributed by atoms with Crippen molar-refractivity contribution in [3.63, 3.8) is 0 Å². The van der Waals surface area contributed by atoms with Crippen LogP contribution in [0.2, 0.25) is 5.02 Å². The molecule has 0 radical (unpaired) electrons. The molecule has 0 saturated carbocycles. The number of ether oxygens (including phenoxy) is 1. The molecule has 1 atom stereocenters. The van der Waals surface area contributed by atoms with Gasteiger partial charge in [-0.2, -0.15) is 0 Å². The number of aryl methyl sites for hydroxylation is 1. The molecule has 1 saturated heterocycles. The third-order valence-corrected chi connectivity index (χ3v) is 4.07. The van der Waals surface area contributed by atoms with E-state index in [9.17, 15) is 4.39 Å². The number of rotatable bonds is 4. The lowest BCUT2D eigenvalue weighted by molar-refractivity contribution is 0.0990. The molecule has 118 valence electrons. The molecule has 0 amide bonds. The van der Waals surface area contributed by atoms with Gasteiger partial charge in [-0.05, 0) is 42.3 Å². The summed E-state index contributed by atoms with van der Waals surface area (Å²) in [6.45, 7) is 3.77. The molecular formula is C17H18Cl2FNO. The average molecular weight is 342 g/mol. The Kier molecular flexibility index (Phi) is 5.68. The van der Waals surface area contributed by atoms with Crippen molar-refractivity contribution in [3.05, 3.63) is 64.4 Å². The van der Waals surface area contributed by atoms with E-state index in [1.807, 2.05) is 37.3 Å². The minimum absolute atomic E-state index is 0. The van der Waals surface area contributed by atoms with E-state index in [4.69, 9.17) is 16.3 Å². The van der Waals surface area contributed by atoms with E-state index in [0.29, 0.717) is 5.92 Å². The molecule has 0 spiro atoms. The summed E-state index contributed by atoms with van der Waals surface area (Å²) in [6.07, 6.45) is -0.167. The highest BCUT2D eigenvalue weighted by Gasteiger charge is 2.30. The van der Waals surface area contributed by atoms with Crippen LogP contribution in [0.15, 0.2) is 42.5 Å². The molecule has 1 heterocycles. The van der Waals surface area contributed by atoms with Crippen LogP contribution in [0.4, 0.5) is 4.39 Å². The smallest absolute Gasteiger partial charge is 0.142 e. The SMILES string of the molecule is Cc1cccc(O[C@H](c2ccc(Cl)c(F)c2)C2CNC2)c1.Cl. The van der Waals surface area contributed by atoms with Gasteiger partial charge in [-0.15, -0.1) is 12.4 Å². The highest BCUT2D eigenvalue weighted by Crippen LogP contribution is 2.32. The van der Waals surface area contributed by atoms with Crippen LogP contribution in [0.5, 0.6) is 5.75 Å². The van der Waals surface area contributed by atoms with Gasteiger partial charge in [0.1, 0.15) is 17.7 Å². The molecule has 1 aliphatic heterocycles. The predicted octanol–water partition coefficient (Wildman–Crippen LogP) is 4.55. The third kappa shape index (κ3) is 3.72. The van der Waals surface area contributed by atoms with Gasteiger partial charge in [-0.25, -0.2) is 4.39 Å². The number of nitrogens with one attached hydrogen (secondary N) is 1. The van der Waals surface area contributed by atoms with Crippen molar-refractivity contribution in [1.29, 1.82) is 0 Å². The molecule has 1 aliphatic rings. The van der Waals surface area contributed by atoms with Gasteiger partial charge in [0.15, 0.2) is 0 Å². The topological polar surface area (TPSA) is 21.3 Å². The second kappa shape index (κ2) is 7.32. The van der Waals surface area contributed by atoms with Crippen molar-refractivity contribution < 1.29 is 9.13 Å². The molecule has 3 rings (SSSR count). The zero-order valence-electron chi connectivity index (χ0n) is 12.2. The third-order valence-electron chi connectivity index (χ3n) is 3.77.